The van der Waals surface area contributed by atoms with E-state index in [1.54, 1.807) is 4.68 Å². The first-order chi connectivity index (χ1) is 8.00. The van der Waals surface area contributed by atoms with Crippen molar-refractivity contribution in [3.63, 3.8) is 0 Å². The predicted octanol–water partition coefficient (Wildman–Crippen LogP) is 0.362. The lowest BCUT2D eigenvalue weighted by Gasteiger charge is -2.15. The minimum atomic E-state index is -0.870. The summed E-state index contributed by atoms with van der Waals surface area (Å²) in [5, 5.41) is 20.5. The van der Waals surface area contributed by atoms with Gasteiger partial charge in [0.05, 0.1) is 11.8 Å². The lowest BCUT2D eigenvalue weighted by atomic mass is 10.2. The van der Waals surface area contributed by atoms with E-state index in [4.69, 9.17) is 5.11 Å². The summed E-state index contributed by atoms with van der Waals surface area (Å²) in [6.45, 7) is 2.95. The molecule has 17 heavy (non-hydrogen) atoms. The smallest absolute Gasteiger partial charge is 0.313 e. The first-order valence-corrected chi connectivity index (χ1v) is 6.26. The molecule has 0 aliphatic rings. The molecular weight excluding hydrogens is 242 g/mol. The summed E-state index contributed by atoms with van der Waals surface area (Å²) < 4.78 is 1.68. The maximum Gasteiger partial charge on any atom is 0.313 e. The van der Waals surface area contributed by atoms with Crippen LogP contribution in [0, 0.1) is 0 Å². The Morgan fingerprint density at radius 1 is 1.59 bits per heavy atom. The van der Waals surface area contributed by atoms with Crippen LogP contribution in [0.4, 0.5) is 0 Å². The van der Waals surface area contributed by atoms with Crippen molar-refractivity contribution < 1.29 is 9.90 Å². The molecule has 0 bridgehead atoms. The van der Waals surface area contributed by atoms with Crippen molar-refractivity contribution in [2.45, 2.75) is 24.5 Å². The van der Waals surface area contributed by atoms with Gasteiger partial charge in [0.1, 0.15) is 0 Å². The SMILES string of the molecule is CC(CCN(C)C)n1nnnc1SCC(=O)O. The molecule has 1 aromatic heterocycles. The Morgan fingerprint density at radius 3 is 2.88 bits per heavy atom. The van der Waals surface area contributed by atoms with Gasteiger partial charge >= 0.3 is 5.97 Å². The third kappa shape index (κ3) is 4.70. The summed E-state index contributed by atoms with van der Waals surface area (Å²) in [6, 6.07) is 0.156. The second-order valence-corrected chi connectivity index (χ2v) is 4.97. The molecule has 0 fully saturated rings. The van der Waals surface area contributed by atoms with E-state index < -0.39 is 5.97 Å². The number of aliphatic carboxylic acids is 1. The van der Waals surface area contributed by atoms with Crippen LogP contribution >= 0.6 is 11.8 Å². The Morgan fingerprint density at radius 2 is 2.29 bits per heavy atom. The number of carboxylic acids is 1. The number of nitrogens with zero attached hydrogens (tertiary/aromatic N) is 5. The average molecular weight is 259 g/mol. The van der Waals surface area contributed by atoms with Gasteiger partial charge in [0.2, 0.25) is 5.16 Å². The zero-order chi connectivity index (χ0) is 12.8. The van der Waals surface area contributed by atoms with Gasteiger partial charge in [0.15, 0.2) is 0 Å². The topological polar surface area (TPSA) is 84.1 Å². The molecule has 1 rings (SSSR count). The molecule has 7 nitrogen and oxygen atoms in total. The number of carbonyl (C=O) groups is 1. The number of rotatable bonds is 7. The summed E-state index contributed by atoms with van der Waals surface area (Å²) >= 11 is 1.14. The number of aromatic nitrogens is 4. The van der Waals surface area contributed by atoms with E-state index >= 15 is 0 Å². The Bertz CT molecular complexity index is 368. The highest BCUT2D eigenvalue weighted by Crippen LogP contribution is 2.19. The van der Waals surface area contributed by atoms with Crippen LogP contribution in [0.25, 0.3) is 0 Å². The molecule has 0 radical (unpaired) electrons. The lowest BCUT2D eigenvalue weighted by Crippen LogP contribution is -2.18. The first-order valence-electron chi connectivity index (χ1n) is 5.28. The third-order valence-electron chi connectivity index (χ3n) is 2.20. The molecular formula is C9H17N5O2S. The van der Waals surface area contributed by atoms with Crippen LogP contribution in [0.5, 0.6) is 0 Å². The van der Waals surface area contributed by atoms with Crippen LogP contribution in [-0.4, -0.2) is 62.6 Å². The van der Waals surface area contributed by atoms with Crippen LogP contribution in [0.15, 0.2) is 5.16 Å². The number of hydrogen-bond acceptors (Lipinski definition) is 6. The second kappa shape index (κ2) is 6.55. The normalized spacial score (nSPS) is 12.9. The summed E-state index contributed by atoms with van der Waals surface area (Å²) in [4.78, 5) is 12.6. The monoisotopic (exact) mass is 259 g/mol. The minimum Gasteiger partial charge on any atom is -0.481 e. The van der Waals surface area contributed by atoms with Gasteiger partial charge in [-0.1, -0.05) is 11.8 Å². The molecule has 0 aromatic carbocycles. The van der Waals surface area contributed by atoms with E-state index in [0.717, 1.165) is 24.7 Å². The summed E-state index contributed by atoms with van der Waals surface area (Å²) in [5.74, 6) is -0.897. The zero-order valence-electron chi connectivity index (χ0n) is 10.2. The molecule has 0 saturated carbocycles. The number of hydrogen-bond donors (Lipinski definition) is 1. The molecule has 1 aromatic rings. The lowest BCUT2D eigenvalue weighted by molar-refractivity contribution is -0.133. The minimum absolute atomic E-state index is 0.0270. The summed E-state index contributed by atoms with van der Waals surface area (Å²) in [5.41, 5.74) is 0. The highest BCUT2D eigenvalue weighted by molar-refractivity contribution is 7.99. The van der Waals surface area contributed by atoms with Crippen molar-refractivity contribution in [1.82, 2.24) is 25.1 Å². The average Bonchev–Trinajstić information content (AvgIpc) is 2.71. The maximum absolute atomic E-state index is 10.5. The van der Waals surface area contributed by atoms with Crippen molar-refractivity contribution in [1.29, 1.82) is 0 Å². The molecule has 8 heteroatoms. The van der Waals surface area contributed by atoms with E-state index in [0.29, 0.717) is 5.16 Å². The molecule has 1 heterocycles. The van der Waals surface area contributed by atoms with Gasteiger partial charge in [-0.25, -0.2) is 4.68 Å². The molecule has 0 aliphatic heterocycles. The molecule has 1 N–H and O–H groups in total. The molecule has 1 unspecified atom stereocenters. The van der Waals surface area contributed by atoms with Crippen molar-refractivity contribution in [2.75, 3.05) is 26.4 Å². The number of thioether (sulfide) groups is 1. The Kier molecular flexibility index (Phi) is 5.36. The molecule has 0 saturated heterocycles. The second-order valence-electron chi connectivity index (χ2n) is 4.03. The van der Waals surface area contributed by atoms with Crippen LogP contribution in [0.3, 0.4) is 0 Å². The fourth-order valence-corrected chi connectivity index (χ4v) is 1.95. The highest BCUT2D eigenvalue weighted by atomic mass is 32.2. The van der Waals surface area contributed by atoms with Crippen LogP contribution in [0.1, 0.15) is 19.4 Å². The fraction of sp³-hybridized carbons (Fsp3) is 0.778. The summed E-state index contributed by atoms with van der Waals surface area (Å²) in [7, 11) is 4.01. The van der Waals surface area contributed by atoms with Gasteiger partial charge in [-0.05, 0) is 44.4 Å². The van der Waals surface area contributed by atoms with E-state index in [-0.39, 0.29) is 11.8 Å². The molecule has 96 valence electrons. The van der Waals surface area contributed by atoms with Gasteiger partial charge in [-0.15, -0.1) is 5.10 Å². The van der Waals surface area contributed by atoms with Crippen molar-refractivity contribution in [3.05, 3.63) is 0 Å². The maximum atomic E-state index is 10.5. The van der Waals surface area contributed by atoms with Crippen LogP contribution < -0.4 is 0 Å². The molecule has 0 spiro atoms. The largest absolute Gasteiger partial charge is 0.481 e. The van der Waals surface area contributed by atoms with Crippen LogP contribution in [0.2, 0.25) is 0 Å². The van der Waals surface area contributed by atoms with E-state index in [9.17, 15) is 4.79 Å². The van der Waals surface area contributed by atoms with E-state index in [2.05, 4.69) is 20.4 Å². The standard InChI is InChI=1S/C9H17N5O2S/c1-7(4-5-13(2)3)14-9(10-11-12-14)17-6-8(15)16/h7H,4-6H2,1-3H3,(H,15,16). The number of tetrazole rings is 1. The highest BCUT2D eigenvalue weighted by Gasteiger charge is 2.14. The molecule has 0 amide bonds. The van der Waals surface area contributed by atoms with Crippen LogP contribution in [-0.2, 0) is 4.79 Å². The van der Waals surface area contributed by atoms with E-state index in [1.807, 2.05) is 21.0 Å². The van der Waals surface area contributed by atoms with Gasteiger partial charge in [0, 0.05) is 0 Å². The van der Waals surface area contributed by atoms with E-state index in [1.165, 1.54) is 0 Å². The molecule has 0 aliphatic carbocycles. The quantitative estimate of drug-likeness (QED) is 0.708. The number of carboxylic acid groups (broad SMARTS) is 1. The Labute approximate surface area is 104 Å². The first kappa shape index (κ1) is 13.9. The zero-order valence-corrected chi connectivity index (χ0v) is 11.0. The predicted molar refractivity (Wildman–Crippen MR) is 64.1 cm³/mol. The van der Waals surface area contributed by atoms with Gasteiger partial charge in [-0.3, -0.25) is 4.79 Å². The van der Waals surface area contributed by atoms with Gasteiger partial charge < -0.3 is 10.0 Å². The summed E-state index contributed by atoms with van der Waals surface area (Å²) in [6.07, 6.45) is 0.915. The van der Waals surface area contributed by atoms with Gasteiger partial charge in [0.25, 0.3) is 0 Å². The molecule has 1 atom stereocenters. The van der Waals surface area contributed by atoms with Crippen molar-refractivity contribution in [3.8, 4) is 0 Å². The van der Waals surface area contributed by atoms with Gasteiger partial charge in [-0.2, -0.15) is 0 Å². The van der Waals surface area contributed by atoms with Crippen molar-refractivity contribution >= 4 is 17.7 Å². The Hall–Kier alpha value is -1.15. The fourth-order valence-electron chi connectivity index (χ4n) is 1.25. The van der Waals surface area contributed by atoms with Crippen molar-refractivity contribution in [2.24, 2.45) is 0 Å². The Balaban J connectivity index is 2.57. The third-order valence-corrected chi connectivity index (χ3v) is 3.12.